The van der Waals surface area contributed by atoms with Gasteiger partial charge >= 0.3 is 0 Å². The van der Waals surface area contributed by atoms with Crippen LogP contribution in [0, 0.1) is 27.7 Å². The van der Waals surface area contributed by atoms with Crippen LogP contribution in [-0.2, 0) is 4.79 Å². The zero-order valence-electron chi connectivity index (χ0n) is 16.4. The van der Waals surface area contributed by atoms with Crippen molar-refractivity contribution in [2.45, 2.75) is 44.1 Å². The summed E-state index contributed by atoms with van der Waals surface area (Å²) >= 11 is 1.44. The van der Waals surface area contributed by atoms with Gasteiger partial charge in [-0.2, -0.15) is 0 Å². The Balaban J connectivity index is 1.68. The molecule has 1 amide bonds. The lowest BCUT2D eigenvalue weighted by Gasteiger charge is -2.33. The highest BCUT2D eigenvalue weighted by atomic mass is 32.2. The number of aryl methyl sites for hydroxylation is 3. The monoisotopic (exact) mass is 393 g/mol. The first-order valence-electron chi connectivity index (χ1n) is 9.23. The van der Waals surface area contributed by atoms with Crippen LogP contribution < -0.4 is 10.7 Å². The number of nitrogens with zero attached hydrogens (tertiary/aromatic N) is 3. The topological polar surface area (TPSA) is 71.8 Å². The van der Waals surface area contributed by atoms with Gasteiger partial charge in [0.2, 0.25) is 11.1 Å². The van der Waals surface area contributed by atoms with E-state index >= 15 is 0 Å². The highest BCUT2D eigenvalue weighted by Gasteiger charge is 2.37. The van der Waals surface area contributed by atoms with Crippen LogP contribution in [0.2, 0.25) is 0 Å². The maximum atomic E-state index is 13.3. The van der Waals surface area contributed by atoms with Gasteiger partial charge in [0, 0.05) is 5.69 Å². The fourth-order valence-electron chi connectivity index (χ4n) is 3.27. The van der Waals surface area contributed by atoms with E-state index in [2.05, 4.69) is 52.1 Å². The fraction of sp³-hybridized carbons (Fsp3) is 0.286. The molecule has 2 heterocycles. The van der Waals surface area contributed by atoms with Gasteiger partial charge in [-0.15, -0.1) is 10.2 Å². The zero-order valence-corrected chi connectivity index (χ0v) is 17.2. The number of hydrogen-bond acceptors (Lipinski definition) is 5. The Bertz CT molecular complexity index is 1030. The Morgan fingerprint density at radius 2 is 1.82 bits per heavy atom. The molecule has 0 aliphatic carbocycles. The van der Waals surface area contributed by atoms with E-state index in [-0.39, 0.29) is 17.2 Å². The molecule has 0 bridgehead atoms. The molecule has 1 aliphatic heterocycles. The van der Waals surface area contributed by atoms with Crippen molar-refractivity contribution < 1.29 is 4.79 Å². The van der Waals surface area contributed by atoms with Crippen LogP contribution in [0.25, 0.3) is 0 Å². The van der Waals surface area contributed by atoms with Gasteiger partial charge in [0.1, 0.15) is 11.1 Å². The van der Waals surface area contributed by atoms with Crippen LogP contribution in [0.3, 0.4) is 0 Å². The van der Waals surface area contributed by atoms with E-state index in [0.29, 0.717) is 5.16 Å². The molecule has 6 nitrogen and oxygen atoms in total. The lowest BCUT2D eigenvalue weighted by atomic mass is 10.0. The van der Waals surface area contributed by atoms with Crippen molar-refractivity contribution in [1.82, 2.24) is 14.9 Å². The molecule has 1 aromatic heterocycles. The first-order valence-corrected chi connectivity index (χ1v) is 10.1. The molecule has 3 aromatic rings. The average molecular weight is 394 g/mol. The summed E-state index contributed by atoms with van der Waals surface area (Å²) in [6.07, 6.45) is 0. The molecule has 2 atom stereocenters. The largest absolute Gasteiger partial charge is 0.325 e. The van der Waals surface area contributed by atoms with E-state index in [9.17, 15) is 4.79 Å². The molecule has 0 spiro atoms. The molecule has 1 aliphatic rings. The quantitative estimate of drug-likeness (QED) is 0.706. The maximum Gasteiger partial charge on any atom is 0.240 e. The summed E-state index contributed by atoms with van der Waals surface area (Å²) in [5, 5.41) is 11.8. The minimum Gasteiger partial charge on any atom is -0.325 e. The molecule has 0 unspecified atom stereocenters. The Kier molecular flexibility index (Phi) is 4.85. The smallest absolute Gasteiger partial charge is 0.240 e. The molecular formula is C21H23N5OS. The number of anilines is 1. The van der Waals surface area contributed by atoms with Gasteiger partial charge in [0.15, 0.2) is 0 Å². The number of carbonyl (C=O) groups is 1. The normalized spacial score (nSPS) is 18.3. The van der Waals surface area contributed by atoms with E-state index in [1.807, 2.05) is 43.6 Å². The number of benzene rings is 2. The number of hydrogen-bond donors (Lipinski definition) is 2. The summed E-state index contributed by atoms with van der Waals surface area (Å²) in [6, 6.07) is 14.0. The second-order valence-electron chi connectivity index (χ2n) is 7.16. The van der Waals surface area contributed by atoms with Crippen molar-refractivity contribution in [2.24, 2.45) is 0 Å². The number of rotatable bonds is 3. The van der Waals surface area contributed by atoms with Crippen LogP contribution in [0.4, 0.5) is 5.69 Å². The molecule has 0 fully saturated rings. The van der Waals surface area contributed by atoms with Crippen molar-refractivity contribution >= 4 is 23.4 Å². The van der Waals surface area contributed by atoms with Crippen LogP contribution in [0.1, 0.15) is 34.1 Å². The molecule has 4 rings (SSSR count). The van der Waals surface area contributed by atoms with Crippen molar-refractivity contribution in [3.05, 3.63) is 70.5 Å². The Morgan fingerprint density at radius 1 is 1.07 bits per heavy atom. The molecule has 2 aromatic carbocycles. The molecule has 0 saturated carbocycles. The number of fused-ring (bicyclic) bond motifs is 1. The van der Waals surface area contributed by atoms with Crippen LogP contribution >= 0.6 is 11.8 Å². The Morgan fingerprint density at radius 3 is 2.57 bits per heavy atom. The molecular weight excluding hydrogens is 370 g/mol. The number of aromatic nitrogens is 3. The lowest BCUT2D eigenvalue weighted by molar-refractivity contribution is -0.116. The maximum absolute atomic E-state index is 13.3. The number of carbonyl (C=O) groups excluding carboxylic acids is 1. The van der Waals surface area contributed by atoms with Crippen molar-refractivity contribution in [1.29, 1.82) is 0 Å². The summed E-state index contributed by atoms with van der Waals surface area (Å²) < 4.78 is 1.86. The van der Waals surface area contributed by atoms with Crippen molar-refractivity contribution in [2.75, 3.05) is 10.7 Å². The number of amides is 1. The van der Waals surface area contributed by atoms with Gasteiger partial charge in [-0.25, -0.2) is 4.68 Å². The zero-order chi connectivity index (χ0) is 19.8. The first kappa shape index (κ1) is 18.6. The Hall–Kier alpha value is -2.80. The summed E-state index contributed by atoms with van der Waals surface area (Å²) in [7, 11) is 0. The lowest BCUT2D eigenvalue weighted by Crippen LogP contribution is -2.41. The first-order chi connectivity index (χ1) is 13.4. The van der Waals surface area contributed by atoms with Crippen LogP contribution in [-0.4, -0.2) is 26.0 Å². The van der Waals surface area contributed by atoms with Crippen LogP contribution in [0.15, 0.2) is 47.6 Å². The van der Waals surface area contributed by atoms with E-state index in [4.69, 9.17) is 0 Å². The van der Waals surface area contributed by atoms with Crippen LogP contribution in [0.5, 0.6) is 0 Å². The predicted octanol–water partition coefficient (Wildman–Crippen LogP) is 3.91. The standard InChI is InChI=1S/C21H23N5OS/c1-12-8-10-16(11-9-12)18-19(28-21-24-23-15(4)26(21)25-18)20(27)22-17-7-5-6-13(2)14(17)3/h5-11,18-19,25H,1-4H3,(H,22,27)/t18-,19-/m1/s1. The second-order valence-corrected chi connectivity index (χ2v) is 8.27. The molecule has 7 heteroatoms. The van der Waals surface area contributed by atoms with Crippen molar-refractivity contribution in [3.8, 4) is 0 Å². The number of thioether (sulfide) groups is 1. The van der Waals surface area contributed by atoms with Gasteiger partial charge in [0.05, 0.1) is 6.04 Å². The SMILES string of the molecule is Cc1ccc([C@H]2Nn3c(C)nnc3S[C@H]2C(=O)Nc2cccc(C)c2C)cc1. The fourth-order valence-corrected chi connectivity index (χ4v) is 4.40. The second kappa shape index (κ2) is 7.31. The van der Waals surface area contributed by atoms with E-state index in [0.717, 1.165) is 28.2 Å². The van der Waals surface area contributed by atoms with Gasteiger partial charge in [-0.3, -0.25) is 4.79 Å². The van der Waals surface area contributed by atoms with E-state index in [1.165, 1.54) is 17.3 Å². The minimum atomic E-state index is -0.376. The highest BCUT2D eigenvalue weighted by Crippen LogP contribution is 2.37. The molecule has 2 N–H and O–H groups in total. The average Bonchev–Trinajstić information content (AvgIpc) is 3.05. The van der Waals surface area contributed by atoms with Gasteiger partial charge < -0.3 is 10.7 Å². The molecule has 0 saturated heterocycles. The van der Waals surface area contributed by atoms with Gasteiger partial charge in [-0.1, -0.05) is 53.7 Å². The third kappa shape index (κ3) is 3.38. The third-order valence-electron chi connectivity index (χ3n) is 5.16. The number of nitrogens with one attached hydrogen (secondary N) is 2. The molecule has 0 radical (unpaired) electrons. The molecule has 28 heavy (non-hydrogen) atoms. The van der Waals surface area contributed by atoms with Gasteiger partial charge in [0.25, 0.3) is 0 Å². The summed E-state index contributed by atoms with van der Waals surface area (Å²) in [5.41, 5.74) is 8.75. The van der Waals surface area contributed by atoms with E-state index < -0.39 is 0 Å². The van der Waals surface area contributed by atoms with Gasteiger partial charge in [-0.05, 0) is 50.5 Å². The van der Waals surface area contributed by atoms with E-state index in [1.54, 1.807) is 0 Å². The third-order valence-corrected chi connectivity index (χ3v) is 6.37. The summed E-state index contributed by atoms with van der Waals surface area (Å²) in [6.45, 7) is 8.02. The van der Waals surface area contributed by atoms with Crippen molar-refractivity contribution in [3.63, 3.8) is 0 Å². The Labute approximate surface area is 168 Å². The summed E-state index contributed by atoms with van der Waals surface area (Å²) in [4.78, 5) is 13.3. The summed E-state index contributed by atoms with van der Waals surface area (Å²) in [5.74, 6) is 0.719. The molecule has 144 valence electrons. The minimum absolute atomic E-state index is 0.0521. The highest BCUT2D eigenvalue weighted by molar-refractivity contribution is 8.00. The predicted molar refractivity (Wildman–Crippen MR) is 112 cm³/mol.